The summed E-state index contributed by atoms with van der Waals surface area (Å²) in [6.45, 7) is 4.30. The number of rotatable bonds is 4. The number of nitrogens with zero attached hydrogens (tertiary/aromatic N) is 1. The van der Waals surface area contributed by atoms with Crippen LogP contribution in [-0.2, 0) is 11.3 Å². The van der Waals surface area contributed by atoms with Gasteiger partial charge in [0.1, 0.15) is 0 Å². The zero-order valence-electron chi connectivity index (χ0n) is 10.2. The first-order valence-electron chi connectivity index (χ1n) is 5.55. The first-order chi connectivity index (χ1) is 7.47. The highest BCUT2D eigenvalue weighted by molar-refractivity contribution is 5.85. The average molecular weight is 220 g/mol. The largest absolute Gasteiger partial charge is 0.340 e. The normalized spacial score (nSPS) is 14.2. The van der Waals surface area contributed by atoms with Crippen molar-refractivity contribution in [1.29, 1.82) is 0 Å². The Labute approximate surface area is 97.2 Å². The fourth-order valence-electron chi connectivity index (χ4n) is 1.52. The van der Waals surface area contributed by atoms with E-state index >= 15 is 0 Å². The second kappa shape index (κ2) is 5.12. The molecule has 16 heavy (non-hydrogen) atoms. The molecule has 0 fully saturated rings. The van der Waals surface area contributed by atoms with Crippen LogP contribution in [0.5, 0.6) is 0 Å². The molecule has 1 aromatic rings. The molecule has 88 valence electrons. The standard InChI is InChI=1S/C13H20N2O/c1-4-13(2,14)12(16)15(3)10-11-8-6-5-7-9-11/h5-9H,4,10,14H2,1-3H3. The lowest BCUT2D eigenvalue weighted by Crippen LogP contribution is -2.51. The molecule has 1 unspecified atom stereocenters. The van der Waals surface area contributed by atoms with Crippen LogP contribution in [0.3, 0.4) is 0 Å². The zero-order valence-corrected chi connectivity index (χ0v) is 10.2. The van der Waals surface area contributed by atoms with Gasteiger partial charge < -0.3 is 10.6 Å². The fourth-order valence-corrected chi connectivity index (χ4v) is 1.52. The minimum atomic E-state index is -0.760. The van der Waals surface area contributed by atoms with Gasteiger partial charge >= 0.3 is 0 Å². The highest BCUT2D eigenvalue weighted by Gasteiger charge is 2.28. The van der Waals surface area contributed by atoms with Crippen LogP contribution in [0.1, 0.15) is 25.8 Å². The van der Waals surface area contributed by atoms with Gasteiger partial charge in [0.15, 0.2) is 0 Å². The van der Waals surface area contributed by atoms with Crippen molar-refractivity contribution in [3.8, 4) is 0 Å². The Kier molecular flexibility index (Phi) is 4.07. The third-order valence-electron chi connectivity index (χ3n) is 2.83. The highest BCUT2D eigenvalue weighted by Crippen LogP contribution is 2.11. The van der Waals surface area contributed by atoms with E-state index in [1.807, 2.05) is 37.3 Å². The van der Waals surface area contributed by atoms with Crippen molar-refractivity contribution in [2.24, 2.45) is 5.73 Å². The number of likely N-dealkylation sites (N-methyl/N-ethyl adjacent to an activating group) is 1. The average Bonchev–Trinajstić information content (AvgIpc) is 2.29. The summed E-state index contributed by atoms with van der Waals surface area (Å²) in [5, 5.41) is 0. The number of carbonyl (C=O) groups is 1. The predicted octanol–water partition coefficient (Wildman–Crippen LogP) is 1.77. The molecule has 0 radical (unpaired) electrons. The van der Waals surface area contributed by atoms with E-state index in [1.54, 1.807) is 18.9 Å². The molecule has 0 heterocycles. The Morgan fingerprint density at radius 2 is 1.94 bits per heavy atom. The molecular formula is C13H20N2O. The smallest absolute Gasteiger partial charge is 0.242 e. The van der Waals surface area contributed by atoms with Crippen LogP contribution in [0.4, 0.5) is 0 Å². The first kappa shape index (κ1) is 12.7. The Balaban J connectivity index is 2.66. The van der Waals surface area contributed by atoms with Gasteiger partial charge in [0.25, 0.3) is 0 Å². The lowest BCUT2D eigenvalue weighted by atomic mass is 9.98. The highest BCUT2D eigenvalue weighted by atomic mass is 16.2. The van der Waals surface area contributed by atoms with Crippen LogP contribution >= 0.6 is 0 Å². The molecule has 0 aliphatic carbocycles. The van der Waals surface area contributed by atoms with E-state index in [0.29, 0.717) is 13.0 Å². The SMILES string of the molecule is CCC(C)(N)C(=O)N(C)Cc1ccccc1. The second-order valence-electron chi connectivity index (χ2n) is 4.42. The van der Waals surface area contributed by atoms with Crippen LogP contribution in [-0.4, -0.2) is 23.4 Å². The van der Waals surface area contributed by atoms with Crippen molar-refractivity contribution in [2.75, 3.05) is 7.05 Å². The summed E-state index contributed by atoms with van der Waals surface area (Å²) in [6.07, 6.45) is 0.644. The number of amides is 1. The minimum absolute atomic E-state index is 0.0150. The molecule has 1 atom stereocenters. The van der Waals surface area contributed by atoms with Crippen molar-refractivity contribution < 1.29 is 4.79 Å². The van der Waals surface area contributed by atoms with Gasteiger partial charge in [0.05, 0.1) is 5.54 Å². The van der Waals surface area contributed by atoms with Crippen molar-refractivity contribution in [3.05, 3.63) is 35.9 Å². The molecule has 0 aromatic heterocycles. The lowest BCUT2D eigenvalue weighted by Gasteiger charge is -2.28. The van der Waals surface area contributed by atoms with E-state index in [1.165, 1.54) is 0 Å². The van der Waals surface area contributed by atoms with Gasteiger partial charge in [-0.3, -0.25) is 4.79 Å². The van der Waals surface area contributed by atoms with Crippen molar-refractivity contribution >= 4 is 5.91 Å². The summed E-state index contributed by atoms with van der Waals surface area (Å²) in [7, 11) is 1.79. The van der Waals surface area contributed by atoms with Crippen LogP contribution in [0.15, 0.2) is 30.3 Å². The fraction of sp³-hybridized carbons (Fsp3) is 0.462. The topological polar surface area (TPSA) is 46.3 Å². The summed E-state index contributed by atoms with van der Waals surface area (Å²) in [5.41, 5.74) is 6.28. The van der Waals surface area contributed by atoms with Crippen LogP contribution in [0, 0.1) is 0 Å². The maximum atomic E-state index is 12.0. The van der Waals surface area contributed by atoms with Crippen LogP contribution in [0.25, 0.3) is 0 Å². The Morgan fingerprint density at radius 1 is 1.38 bits per heavy atom. The monoisotopic (exact) mass is 220 g/mol. The summed E-state index contributed by atoms with van der Waals surface area (Å²) in [4.78, 5) is 13.7. The second-order valence-corrected chi connectivity index (χ2v) is 4.42. The Morgan fingerprint density at radius 3 is 2.44 bits per heavy atom. The van der Waals surface area contributed by atoms with Gasteiger partial charge in [0, 0.05) is 13.6 Å². The molecule has 0 bridgehead atoms. The number of carbonyl (C=O) groups excluding carboxylic acids is 1. The molecule has 0 aliphatic rings. The van der Waals surface area contributed by atoms with Crippen molar-refractivity contribution in [3.63, 3.8) is 0 Å². The maximum Gasteiger partial charge on any atom is 0.242 e. The van der Waals surface area contributed by atoms with Gasteiger partial charge in [-0.05, 0) is 18.9 Å². The van der Waals surface area contributed by atoms with Crippen molar-refractivity contribution in [1.82, 2.24) is 4.90 Å². The molecule has 3 nitrogen and oxygen atoms in total. The lowest BCUT2D eigenvalue weighted by molar-refractivity contribution is -0.135. The molecule has 0 spiro atoms. The molecule has 0 saturated heterocycles. The summed E-state index contributed by atoms with van der Waals surface area (Å²) in [6, 6.07) is 9.90. The number of hydrogen-bond donors (Lipinski definition) is 1. The minimum Gasteiger partial charge on any atom is -0.340 e. The van der Waals surface area contributed by atoms with Gasteiger partial charge in [-0.25, -0.2) is 0 Å². The quantitative estimate of drug-likeness (QED) is 0.840. The zero-order chi connectivity index (χ0) is 12.2. The van der Waals surface area contributed by atoms with E-state index in [-0.39, 0.29) is 5.91 Å². The predicted molar refractivity (Wildman–Crippen MR) is 65.8 cm³/mol. The third-order valence-corrected chi connectivity index (χ3v) is 2.83. The first-order valence-corrected chi connectivity index (χ1v) is 5.55. The van der Waals surface area contributed by atoms with Gasteiger partial charge in [-0.2, -0.15) is 0 Å². The molecule has 1 amide bonds. The molecule has 1 rings (SSSR count). The molecule has 0 saturated carbocycles. The molecule has 1 aromatic carbocycles. The Bertz CT molecular complexity index is 346. The molecule has 0 aliphatic heterocycles. The van der Waals surface area contributed by atoms with E-state index < -0.39 is 5.54 Å². The van der Waals surface area contributed by atoms with Gasteiger partial charge in [-0.15, -0.1) is 0 Å². The third kappa shape index (κ3) is 3.07. The van der Waals surface area contributed by atoms with Crippen LogP contribution in [0.2, 0.25) is 0 Å². The number of benzene rings is 1. The van der Waals surface area contributed by atoms with E-state index in [0.717, 1.165) is 5.56 Å². The van der Waals surface area contributed by atoms with Gasteiger partial charge in [-0.1, -0.05) is 37.3 Å². The van der Waals surface area contributed by atoms with Crippen molar-refractivity contribution in [2.45, 2.75) is 32.4 Å². The molecular weight excluding hydrogens is 200 g/mol. The molecule has 2 N–H and O–H groups in total. The van der Waals surface area contributed by atoms with E-state index in [4.69, 9.17) is 5.73 Å². The summed E-state index contributed by atoms with van der Waals surface area (Å²) >= 11 is 0. The molecule has 3 heteroatoms. The van der Waals surface area contributed by atoms with Crippen LogP contribution < -0.4 is 5.73 Å². The maximum absolute atomic E-state index is 12.0. The Hall–Kier alpha value is -1.35. The number of nitrogens with two attached hydrogens (primary N) is 1. The van der Waals surface area contributed by atoms with E-state index in [9.17, 15) is 4.79 Å². The van der Waals surface area contributed by atoms with Gasteiger partial charge in [0.2, 0.25) is 5.91 Å². The summed E-state index contributed by atoms with van der Waals surface area (Å²) in [5.74, 6) is -0.0150. The number of hydrogen-bond acceptors (Lipinski definition) is 2. The van der Waals surface area contributed by atoms with E-state index in [2.05, 4.69) is 0 Å². The summed E-state index contributed by atoms with van der Waals surface area (Å²) < 4.78 is 0.